The molecule has 116 valence electrons. The predicted molar refractivity (Wildman–Crippen MR) is 87.4 cm³/mol. The Morgan fingerprint density at radius 1 is 1.29 bits per heavy atom. The number of aromatic amines is 1. The van der Waals surface area contributed by atoms with Crippen molar-refractivity contribution in [3.8, 4) is 0 Å². The molecule has 2 N–H and O–H groups in total. The van der Waals surface area contributed by atoms with E-state index in [0.29, 0.717) is 0 Å². The molecule has 0 aliphatic heterocycles. The van der Waals surface area contributed by atoms with Gasteiger partial charge in [0.2, 0.25) is 0 Å². The average Bonchev–Trinajstić information content (AvgIpc) is 2.93. The Labute approximate surface area is 127 Å². The number of nitrogens with zero attached hydrogens (tertiary/aromatic N) is 2. The molecule has 0 saturated carbocycles. The monoisotopic (exact) mass is 289 g/mol. The van der Waals surface area contributed by atoms with E-state index < -0.39 is 6.10 Å². The Morgan fingerprint density at radius 2 is 2.10 bits per heavy atom. The first kappa shape index (κ1) is 16.0. The van der Waals surface area contributed by atoms with Gasteiger partial charge in [-0.1, -0.05) is 20.3 Å². The fourth-order valence-corrected chi connectivity index (χ4v) is 2.75. The van der Waals surface area contributed by atoms with E-state index in [-0.39, 0.29) is 0 Å². The van der Waals surface area contributed by atoms with Crippen LogP contribution in [0.15, 0.2) is 18.3 Å². The number of aliphatic hydroxyl groups excluding tert-OH is 1. The van der Waals surface area contributed by atoms with Crippen LogP contribution < -0.4 is 0 Å². The summed E-state index contributed by atoms with van der Waals surface area (Å²) in [4.78, 5) is 2.42. The Morgan fingerprint density at radius 3 is 2.81 bits per heavy atom. The number of hydrogen-bond donors (Lipinski definition) is 2. The molecular formula is C17H27N3O. The highest BCUT2D eigenvalue weighted by atomic mass is 16.3. The lowest BCUT2D eigenvalue weighted by molar-refractivity contribution is 0.142. The molecule has 0 fully saturated rings. The van der Waals surface area contributed by atoms with Crippen molar-refractivity contribution in [1.82, 2.24) is 15.1 Å². The van der Waals surface area contributed by atoms with Crippen LogP contribution in [0.1, 0.15) is 50.3 Å². The van der Waals surface area contributed by atoms with Crippen molar-refractivity contribution in [2.75, 3.05) is 19.6 Å². The van der Waals surface area contributed by atoms with Crippen molar-refractivity contribution in [3.63, 3.8) is 0 Å². The Hall–Kier alpha value is -1.39. The highest BCUT2D eigenvalue weighted by Crippen LogP contribution is 2.25. The number of hydrogen-bond acceptors (Lipinski definition) is 3. The second-order valence-corrected chi connectivity index (χ2v) is 5.76. The topological polar surface area (TPSA) is 52.1 Å². The maximum atomic E-state index is 10.5. The minimum absolute atomic E-state index is 0.403. The zero-order valence-electron chi connectivity index (χ0n) is 13.4. The summed E-state index contributed by atoms with van der Waals surface area (Å²) in [6.07, 6.45) is 4.63. The lowest BCUT2D eigenvalue weighted by Gasteiger charge is -2.22. The van der Waals surface area contributed by atoms with Gasteiger partial charge in [-0.05, 0) is 56.1 Å². The summed E-state index contributed by atoms with van der Waals surface area (Å²) in [6.45, 7) is 9.57. The Balaban J connectivity index is 2.00. The average molecular weight is 289 g/mol. The van der Waals surface area contributed by atoms with Crippen molar-refractivity contribution in [3.05, 3.63) is 29.5 Å². The second-order valence-electron chi connectivity index (χ2n) is 5.76. The molecule has 0 aliphatic carbocycles. The van der Waals surface area contributed by atoms with E-state index in [2.05, 4.69) is 41.1 Å². The summed E-state index contributed by atoms with van der Waals surface area (Å²) in [5, 5.41) is 18.6. The molecule has 0 saturated heterocycles. The third kappa shape index (κ3) is 4.05. The van der Waals surface area contributed by atoms with E-state index in [1.807, 2.05) is 13.1 Å². The van der Waals surface area contributed by atoms with Crippen molar-refractivity contribution in [1.29, 1.82) is 0 Å². The fourth-order valence-electron chi connectivity index (χ4n) is 2.75. The molecule has 4 heteroatoms. The van der Waals surface area contributed by atoms with E-state index in [1.165, 1.54) is 12.8 Å². The highest BCUT2D eigenvalue weighted by molar-refractivity contribution is 5.79. The number of nitrogens with one attached hydrogen (secondary N) is 1. The second kappa shape index (κ2) is 7.57. The fraction of sp³-hybridized carbons (Fsp3) is 0.588. The number of H-pyrrole nitrogens is 1. The number of aliphatic hydroxyl groups is 1. The Kier molecular flexibility index (Phi) is 5.76. The SMILES string of the molecule is CCCCN(CC)CCC(O)c1cc2cn[nH]c2cc1C. The van der Waals surface area contributed by atoms with E-state index >= 15 is 0 Å². The molecule has 1 aromatic carbocycles. The van der Waals surface area contributed by atoms with Gasteiger partial charge in [-0.3, -0.25) is 5.10 Å². The number of aromatic nitrogens is 2. The normalized spacial score (nSPS) is 13.2. The zero-order valence-corrected chi connectivity index (χ0v) is 13.4. The van der Waals surface area contributed by atoms with Gasteiger partial charge in [-0.15, -0.1) is 0 Å². The van der Waals surface area contributed by atoms with Gasteiger partial charge in [0.05, 0.1) is 17.8 Å². The third-order valence-corrected chi connectivity index (χ3v) is 4.18. The molecule has 4 nitrogen and oxygen atoms in total. The molecule has 1 atom stereocenters. The smallest absolute Gasteiger partial charge is 0.0805 e. The molecule has 1 aromatic heterocycles. The minimum Gasteiger partial charge on any atom is -0.388 e. The highest BCUT2D eigenvalue weighted by Gasteiger charge is 2.13. The number of fused-ring (bicyclic) bond motifs is 1. The molecule has 0 spiro atoms. The van der Waals surface area contributed by atoms with E-state index in [4.69, 9.17) is 0 Å². The summed E-state index contributed by atoms with van der Waals surface area (Å²) in [7, 11) is 0. The van der Waals surface area contributed by atoms with Gasteiger partial charge >= 0.3 is 0 Å². The molecule has 0 radical (unpaired) electrons. The van der Waals surface area contributed by atoms with Gasteiger partial charge in [0.15, 0.2) is 0 Å². The Bertz CT molecular complexity index is 564. The zero-order chi connectivity index (χ0) is 15.2. The van der Waals surface area contributed by atoms with E-state index in [0.717, 1.165) is 48.1 Å². The molecule has 21 heavy (non-hydrogen) atoms. The van der Waals surface area contributed by atoms with Crippen LogP contribution in [0.3, 0.4) is 0 Å². The van der Waals surface area contributed by atoms with Gasteiger partial charge in [0.25, 0.3) is 0 Å². The summed E-state index contributed by atoms with van der Waals surface area (Å²) >= 11 is 0. The van der Waals surface area contributed by atoms with Crippen LogP contribution in [0.2, 0.25) is 0 Å². The molecule has 2 rings (SSSR count). The van der Waals surface area contributed by atoms with Crippen molar-refractivity contribution in [2.45, 2.75) is 46.1 Å². The molecule has 0 aliphatic rings. The lowest BCUT2D eigenvalue weighted by atomic mass is 9.99. The summed E-state index contributed by atoms with van der Waals surface area (Å²) in [6, 6.07) is 4.12. The van der Waals surface area contributed by atoms with E-state index in [9.17, 15) is 5.11 Å². The van der Waals surface area contributed by atoms with Crippen molar-refractivity contribution >= 4 is 10.9 Å². The van der Waals surface area contributed by atoms with Crippen LogP contribution in [-0.4, -0.2) is 39.8 Å². The van der Waals surface area contributed by atoms with Crippen molar-refractivity contribution < 1.29 is 5.11 Å². The minimum atomic E-state index is -0.403. The van der Waals surface area contributed by atoms with Gasteiger partial charge in [-0.2, -0.15) is 5.10 Å². The van der Waals surface area contributed by atoms with Crippen LogP contribution in [0.25, 0.3) is 10.9 Å². The largest absolute Gasteiger partial charge is 0.388 e. The molecule has 1 heterocycles. The molecular weight excluding hydrogens is 262 g/mol. The standard InChI is InChI=1S/C17H27N3O/c1-4-6-8-20(5-2)9-7-17(21)15-11-14-12-18-19-16(14)10-13(15)3/h10-12,17,21H,4-9H2,1-3H3,(H,18,19). The number of aryl methyl sites for hydroxylation is 1. The maximum absolute atomic E-state index is 10.5. The van der Waals surface area contributed by atoms with Gasteiger partial charge in [0, 0.05) is 11.9 Å². The molecule has 0 amide bonds. The first-order chi connectivity index (χ1) is 10.2. The van der Waals surface area contributed by atoms with Gasteiger partial charge < -0.3 is 10.0 Å². The van der Waals surface area contributed by atoms with Crippen LogP contribution in [-0.2, 0) is 0 Å². The quantitative estimate of drug-likeness (QED) is 0.783. The summed E-state index contributed by atoms with van der Waals surface area (Å²) in [5.74, 6) is 0. The third-order valence-electron chi connectivity index (χ3n) is 4.18. The van der Waals surface area contributed by atoms with Gasteiger partial charge in [0.1, 0.15) is 0 Å². The number of unbranched alkanes of at least 4 members (excludes halogenated alkanes) is 1. The maximum Gasteiger partial charge on any atom is 0.0805 e. The summed E-state index contributed by atoms with van der Waals surface area (Å²) in [5.41, 5.74) is 3.17. The number of rotatable bonds is 8. The van der Waals surface area contributed by atoms with Crippen LogP contribution in [0.5, 0.6) is 0 Å². The summed E-state index contributed by atoms with van der Waals surface area (Å²) < 4.78 is 0. The van der Waals surface area contributed by atoms with E-state index in [1.54, 1.807) is 0 Å². The lowest BCUT2D eigenvalue weighted by Crippen LogP contribution is -2.26. The molecule has 0 bridgehead atoms. The van der Waals surface area contributed by atoms with Crippen LogP contribution in [0.4, 0.5) is 0 Å². The van der Waals surface area contributed by atoms with Crippen LogP contribution in [0, 0.1) is 6.92 Å². The van der Waals surface area contributed by atoms with Crippen molar-refractivity contribution in [2.24, 2.45) is 0 Å². The predicted octanol–water partition coefficient (Wildman–Crippen LogP) is 3.42. The molecule has 2 aromatic rings. The van der Waals surface area contributed by atoms with Gasteiger partial charge in [-0.25, -0.2) is 0 Å². The first-order valence-electron chi connectivity index (χ1n) is 7.99. The number of benzene rings is 1. The first-order valence-corrected chi connectivity index (χ1v) is 7.99. The molecule has 1 unspecified atom stereocenters. The van der Waals surface area contributed by atoms with Crippen LogP contribution >= 0.6 is 0 Å².